The number of hydrogen-bond acceptors (Lipinski definition) is 5. The Morgan fingerprint density at radius 3 is 2.33 bits per heavy atom. The SMILES string of the molecule is CC1(C)OCC(C2OC([Se])C(O)C2O)O1. The predicted molar refractivity (Wildman–Crippen MR) is 51.3 cm³/mol. The van der Waals surface area contributed by atoms with Gasteiger partial charge in [-0.15, -0.1) is 0 Å². The van der Waals surface area contributed by atoms with Crippen molar-refractivity contribution in [3.8, 4) is 0 Å². The number of hydrogen-bond donors (Lipinski definition) is 2. The Bertz CT molecular complexity index is 247. The summed E-state index contributed by atoms with van der Waals surface area (Å²) in [5, 5.41) is 18.8. The summed E-state index contributed by atoms with van der Waals surface area (Å²) < 4.78 is 16.3. The molecule has 0 bridgehead atoms. The summed E-state index contributed by atoms with van der Waals surface area (Å²) in [6.45, 7) is 3.98. The van der Waals surface area contributed by atoms with Crippen LogP contribution in [0.2, 0.25) is 0 Å². The van der Waals surface area contributed by atoms with Crippen LogP contribution in [-0.4, -0.2) is 68.0 Å². The first-order valence-electron chi connectivity index (χ1n) is 4.90. The molecule has 87 valence electrons. The van der Waals surface area contributed by atoms with E-state index >= 15 is 0 Å². The van der Waals surface area contributed by atoms with Crippen molar-refractivity contribution in [1.82, 2.24) is 0 Å². The molecular formula is C9H15O5Se. The van der Waals surface area contributed by atoms with E-state index in [9.17, 15) is 10.2 Å². The average Bonchev–Trinajstić information content (AvgIpc) is 2.62. The number of ether oxygens (including phenoxy) is 3. The van der Waals surface area contributed by atoms with Crippen molar-refractivity contribution in [2.75, 3.05) is 6.61 Å². The third-order valence-electron chi connectivity index (χ3n) is 2.65. The summed E-state index contributed by atoms with van der Waals surface area (Å²) in [5.74, 6) is -0.645. The molecule has 0 amide bonds. The number of aliphatic hydroxyl groups excluding tert-OH is 2. The maximum atomic E-state index is 9.73. The molecule has 0 spiro atoms. The normalized spacial score (nSPS) is 49.8. The van der Waals surface area contributed by atoms with Gasteiger partial charge in [0.1, 0.15) is 0 Å². The molecule has 1 radical (unpaired) electrons. The van der Waals surface area contributed by atoms with Gasteiger partial charge in [0.25, 0.3) is 0 Å². The Labute approximate surface area is 96.5 Å². The molecule has 0 aromatic carbocycles. The third kappa shape index (κ3) is 2.22. The van der Waals surface area contributed by atoms with Gasteiger partial charge in [0.2, 0.25) is 0 Å². The second-order valence-electron chi connectivity index (χ2n) is 4.32. The summed E-state index contributed by atoms with van der Waals surface area (Å²) in [7, 11) is 0. The molecule has 2 heterocycles. The quantitative estimate of drug-likeness (QED) is 0.588. The third-order valence-corrected chi connectivity index (χ3v) is 3.47. The molecule has 2 aliphatic heterocycles. The topological polar surface area (TPSA) is 68.2 Å². The minimum atomic E-state index is -0.932. The van der Waals surface area contributed by atoms with Crippen LogP contribution in [0.4, 0.5) is 0 Å². The standard InChI is InChI=1S/C9H15O5Se/c1-9(2)12-3-4(14-9)7-5(10)6(11)8(15)13-7/h4-8,10-11H,3H2,1-2H3. The average molecular weight is 282 g/mol. The Hall–Kier alpha value is 0.319. The van der Waals surface area contributed by atoms with Gasteiger partial charge in [-0.05, 0) is 0 Å². The molecule has 2 rings (SSSR count). The van der Waals surface area contributed by atoms with Gasteiger partial charge in [0.15, 0.2) is 0 Å². The van der Waals surface area contributed by atoms with E-state index in [-0.39, 0.29) is 6.10 Å². The van der Waals surface area contributed by atoms with E-state index < -0.39 is 29.1 Å². The molecular weight excluding hydrogens is 267 g/mol. The van der Waals surface area contributed by atoms with E-state index in [1.807, 2.05) is 0 Å². The molecule has 0 saturated carbocycles. The van der Waals surface area contributed by atoms with E-state index in [1.165, 1.54) is 0 Å². The van der Waals surface area contributed by atoms with Crippen LogP contribution < -0.4 is 0 Å². The van der Waals surface area contributed by atoms with Gasteiger partial charge < -0.3 is 0 Å². The van der Waals surface area contributed by atoms with Crippen molar-refractivity contribution in [3.05, 3.63) is 0 Å². The van der Waals surface area contributed by atoms with Crippen molar-refractivity contribution in [2.24, 2.45) is 0 Å². The second kappa shape index (κ2) is 3.96. The first-order valence-corrected chi connectivity index (χ1v) is 5.89. The zero-order valence-electron chi connectivity index (χ0n) is 8.62. The van der Waals surface area contributed by atoms with Gasteiger partial charge >= 0.3 is 96.1 Å². The Kier molecular flexibility index (Phi) is 3.12. The van der Waals surface area contributed by atoms with E-state index in [1.54, 1.807) is 13.8 Å². The fourth-order valence-corrected chi connectivity index (χ4v) is 2.46. The van der Waals surface area contributed by atoms with Crippen LogP contribution >= 0.6 is 0 Å². The monoisotopic (exact) mass is 283 g/mol. The Balaban J connectivity index is 2.01. The van der Waals surface area contributed by atoms with Crippen LogP contribution in [-0.2, 0) is 14.2 Å². The van der Waals surface area contributed by atoms with Gasteiger partial charge in [0, 0.05) is 0 Å². The van der Waals surface area contributed by atoms with Gasteiger partial charge in [-0.25, -0.2) is 0 Å². The molecule has 15 heavy (non-hydrogen) atoms. The molecule has 6 heteroatoms. The minimum absolute atomic E-state index is 0.331. The summed E-state index contributed by atoms with van der Waals surface area (Å²) in [4.78, 5) is 0. The van der Waals surface area contributed by atoms with Crippen LogP contribution in [0.1, 0.15) is 13.8 Å². The molecule has 2 fully saturated rings. The van der Waals surface area contributed by atoms with Crippen LogP contribution in [0.5, 0.6) is 0 Å². The van der Waals surface area contributed by atoms with Crippen LogP contribution in [0.3, 0.4) is 0 Å². The van der Waals surface area contributed by atoms with Crippen LogP contribution in [0, 0.1) is 0 Å². The van der Waals surface area contributed by atoms with E-state index in [0.29, 0.717) is 6.61 Å². The van der Waals surface area contributed by atoms with Crippen molar-refractivity contribution in [2.45, 2.75) is 49.1 Å². The maximum absolute atomic E-state index is 9.73. The molecule has 2 aliphatic rings. The summed E-state index contributed by atoms with van der Waals surface area (Å²) in [5.41, 5.74) is 0. The zero-order chi connectivity index (χ0) is 11.2. The van der Waals surface area contributed by atoms with Crippen molar-refractivity contribution >= 4 is 16.0 Å². The van der Waals surface area contributed by atoms with Crippen molar-refractivity contribution in [1.29, 1.82) is 0 Å². The molecule has 2 saturated heterocycles. The molecule has 2 N–H and O–H groups in total. The molecule has 0 aliphatic carbocycles. The molecule has 5 nitrogen and oxygen atoms in total. The molecule has 5 unspecified atom stereocenters. The van der Waals surface area contributed by atoms with Crippen molar-refractivity contribution in [3.63, 3.8) is 0 Å². The van der Waals surface area contributed by atoms with Gasteiger partial charge in [-0.2, -0.15) is 0 Å². The molecule has 5 atom stereocenters. The van der Waals surface area contributed by atoms with E-state index in [4.69, 9.17) is 14.2 Å². The number of aliphatic hydroxyl groups is 2. The Morgan fingerprint density at radius 1 is 1.27 bits per heavy atom. The summed E-state index contributed by atoms with van der Waals surface area (Å²) in [6, 6.07) is 0. The van der Waals surface area contributed by atoms with Gasteiger partial charge in [-0.1, -0.05) is 0 Å². The second-order valence-corrected chi connectivity index (χ2v) is 5.29. The first kappa shape index (κ1) is 11.8. The summed E-state index contributed by atoms with van der Waals surface area (Å²) >= 11 is 2.66. The predicted octanol–water partition coefficient (Wildman–Crippen LogP) is -1.25. The van der Waals surface area contributed by atoms with Crippen molar-refractivity contribution < 1.29 is 24.4 Å². The van der Waals surface area contributed by atoms with E-state index in [0.717, 1.165) is 0 Å². The van der Waals surface area contributed by atoms with E-state index in [2.05, 4.69) is 16.0 Å². The summed E-state index contributed by atoms with van der Waals surface area (Å²) in [6.07, 6.45) is -2.70. The van der Waals surface area contributed by atoms with Crippen LogP contribution in [0.25, 0.3) is 0 Å². The van der Waals surface area contributed by atoms with Gasteiger partial charge in [-0.3, -0.25) is 0 Å². The fourth-order valence-electron chi connectivity index (χ4n) is 1.86. The number of rotatable bonds is 1. The first-order chi connectivity index (χ1) is 6.91. The van der Waals surface area contributed by atoms with Gasteiger partial charge in [0.05, 0.1) is 0 Å². The Morgan fingerprint density at radius 2 is 1.93 bits per heavy atom. The zero-order valence-corrected chi connectivity index (χ0v) is 10.3. The molecule has 0 aromatic rings. The molecule has 0 aromatic heterocycles. The fraction of sp³-hybridized carbons (Fsp3) is 1.00. The van der Waals surface area contributed by atoms with Crippen LogP contribution in [0.15, 0.2) is 0 Å².